The summed E-state index contributed by atoms with van der Waals surface area (Å²) in [5, 5.41) is 3.40. The molecule has 1 saturated carbocycles. The summed E-state index contributed by atoms with van der Waals surface area (Å²) in [7, 11) is 0. The van der Waals surface area contributed by atoms with E-state index in [4.69, 9.17) is 4.42 Å². The molecule has 2 aliphatic rings. The van der Waals surface area contributed by atoms with Crippen molar-refractivity contribution in [1.82, 2.24) is 15.2 Å². The summed E-state index contributed by atoms with van der Waals surface area (Å²) < 4.78 is 5.63. The van der Waals surface area contributed by atoms with E-state index in [9.17, 15) is 0 Å². The van der Waals surface area contributed by atoms with Crippen molar-refractivity contribution in [2.75, 3.05) is 37.6 Å². The SMILES string of the molecule is CC(C)CNCc1coc(N2CCN(C3CC3)CC2)n1. The van der Waals surface area contributed by atoms with Crippen LogP contribution in [0, 0.1) is 5.92 Å². The molecule has 20 heavy (non-hydrogen) atoms. The van der Waals surface area contributed by atoms with E-state index in [2.05, 4.69) is 33.9 Å². The van der Waals surface area contributed by atoms with Crippen LogP contribution in [0.1, 0.15) is 32.4 Å². The number of hydrogen-bond acceptors (Lipinski definition) is 5. The van der Waals surface area contributed by atoms with Crippen molar-refractivity contribution in [1.29, 1.82) is 0 Å². The van der Waals surface area contributed by atoms with Gasteiger partial charge in [-0.3, -0.25) is 4.90 Å². The summed E-state index contributed by atoms with van der Waals surface area (Å²) in [6.45, 7) is 10.6. The lowest BCUT2D eigenvalue weighted by atomic mass is 10.2. The molecule has 0 amide bonds. The second kappa shape index (κ2) is 6.14. The zero-order valence-electron chi connectivity index (χ0n) is 12.6. The molecule has 1 aliphatic carbocycles. The Morgan fingerprint density at radius 3 is 2.70 bits per heavy atom. The monoisotopic (exact) mass is 278 g/mol. The smallest absolute Gasteiger partial charge is 0.297 e. The predicted octanol–water partition coefficient (Wildman–Crippen LogP) is 1.70. The highest BCUT2D eigenvalue weighted by Gasteiger charge is 2.31. The second-order valence-corrected chi connectivity index (χ2v) is 6.40. The zero-order chi connectivity index (χ0) is 13.9. The molecule has 0 spiro atoms. The maximum absolute atomic E-state index is 5.63. The molecular weight excluding hydrogens is 252 g/mol. The minimum Gasteiger partial charge on any atom is -0.432 e. The molecule has 0 bridgehead atoms. The van der Waals surface area contributed by atoms with Gasteiger partial charge in [0.05, 0.1) is 5.69 Å². The van der Waals surface area contributed by atoms with Crippen molar-refractivity contribution in [2.24, 2.45) is 5.92 Å². The first-order valence-electron chi connectivity index (χ1n) is 7.86. The van der Waals surface area contributed by atoms with E-state index in [1.165, 1.54) is 12.8 Å². The summed E-state index contributed by atoms with van der Waals surface area (Å²) in [5.41, 5.74) is 1.00. The molecule has 0 radical (unpaired) electrons. The van der Waals surface area contributed by atoms with Crippen LogP contribution in [0.5, 0.6) is 0 Å². The van der Waals surface area contributed by atoms with Crippen molar-refractivity contribution in [3.63, 3.8) is 0 Å². The van der Waals surface area contributed by atoms with E-state index in [1.54, 1.807) is 6.26 Å². The minimum atomic E-state index is 0.664. The van der Waals surface area contributed by atoms with Crippen molar-refractivity contribution >= 4 is 6.01 Å². The van der Waals surface area contributed by atoms with E-state index in [0.717, 1.165) is 57.0 Å². The lowest BCUT2D eigenvalue weighted by Crippen LogP contribution is -2.47. The first-order valence-corrected chi connectivity index (χ1v) is 7.86. The molecule has 5 heteroatoms. The van der Waals surface area contributed by atoms with E-state index in [0.29, 0.717) is 5.92 Å². The summed E-state index contributed by atoms with van der Waals surface area (Å²) in [6, 6.07) is 1.67. The summed E-state index contributed by atoms with van der Waals surface area (Å²) >= 11 is 0. The minimum absolute atomic E-state index is 0.664. The summed E-state index contributed by atoms with van der Waals surface area (Å²) in [6.07, 6.45) is 4.57. The lowest BCUT2D eigenvalue weighted by molar-refractivity contribution is 0.243. The summed E-state index contributed by atoms with van der Waals surface area (Å²) in [5.74, 6) is 0.664. The third-order valence-corrected chi connectivity index (χ3v) is 4.05. The van der Waals surface area contributed by atoms with Gasteiger partial charge in [0, 0.05) is 38.8 Å². The largest absolute Gasteiger partial charge is 0.432 e. The van der Waals surface area contributed by atoms with E-state index in [-0.39, 0.29) is 0 Å². The van der Waals surface area contributed by atoms with Crippen LogP contribution in [0.25, 0.3) is 0 Å². The Balaban J connectivity index is 1.46. The number of nitrogens with zero attached hydrogens (tertiary/aromatic N) is 3. The Bertz CT molecular complexity index is 419. The van der Waals surface area contributed by atoms with Crippen LogP contribution in [0.3, 0.4) is 0 Å². The third kappa shape index (κ3) is 3.52. The third-order valence-electron chi connectivity index (χ3n) is 4.05. The molecule has 0 aromatic carbocycles. The fourth-order valence-corrected chi connectivity index (χ4v) is 2.73. The first kappa shape index (κ1) is 13.9. The molecule has 3 rings (SSSR count). The van der Waals surface area contributed by atoms with Gasteiger partial charge in [-0.1, -0.05) is 13.8 Å². The van der Waals surface area contributed by atoms with Gasteiger partial charge in [-0.2, -0.15) is 4.98 Å². The number of rotatable bonds is 6. The highest BCUT2D eigenvalue weighted by molar-refractivity contribution is 5.28. The van der Waals surface area contributed by atoms with Gasteiger partial charge in [-0.05, 0) is 25.3 Å². The van der Waals surface area contributed by atoms with Gasteiger partial charge in [0.15, 0.2) is 0 Å². The molecule has 1 aromatic rings. The van der Waals surface area contributed by atoms with E-state index in [1.807, 2.05) is 0 Å². The molecule has 112 valence electrons. The second-order valence-electron chi connectivity index (χ2n) is 6.40. The Hall–Kier alpha value is -1.07. The number of nitrogens with one attached hydrogen (secondary N) is 1. The van der Waals surface area contributed by atoms with Crippen LogP contribution in [0.2, 0.25) is 0 Å². The van der Waals surface area contributed by atoms with Gasteiger partial charge in [0.2, 0.25) is 0 Å². The maximum Gasteiger partial charge on any atom is 0.297 e. The Kier molecular flexibility index (Phi) is 4.27. The van der Waals surface area contributed by atoms with Gasteiger partial charge in [0.1, 0.15) is 6.26 Å². The molecule has 0 atom stereocenters. The molecule has 0 unspecified atom stereocenters. The van der Waals surface area contributed by atoms with Crippen LogP contribution in [0.15, 0.2) is 10.7 Å². The quantitative estimate of drug-likeness (QED) is 0.858. The molecule has 5 nitrogen and oxygen atoms in total. The Morgan fingerprint density at radius 1 is 1.30 bits per heavy atom. The van der Waals surface area contributed by atoms with Gasteiger partial charge in [-0.25, -0.2) is 0 Å². The molecule has 1 N–H and O–H groups in total. The Morgan fingerprint density at radius 2 is 2.05 bits per heavy atom. The number of hydrogen-bond donors (Lipinski definition) is 1. The predicted molar refractivity (Wildman–Crippen MR) is 79.9 cm³/mol. The van der Waals surface area contributed by atoms with Crippen LogP contribution < -0.4 is 10.2 Å². The standard InChI is InChI=1S/C15H26N4O/c1-12(2)9-16-10-13-11-20-15(17-13)19-7-5-18(6-8-19)14-3-4-14/h11-12,14,16H,3-10H2,1-2H3. The average Bonchev–Trinajstić information content (AvgIpc) is 3.19. The highest BCUT2D eigenvalue weighted by atomic mass is 16.4. The Labute approximate surface area is 121 Å². The maximum atomic E-state index is 5.63. The molecule has 2 heterocycles. The summed E-state index contributed by atoms with van der Waals surface area (Å²) in [4.78, 5) is 9.46. The van der Waals surface area contributed by atoms with Crippen LogP contribution >= 0.6 is 0 Å². The fraction of sp³-hybridized carbons (Fsp3) is 0.800. The highest BCUT2D eigenvalue weighted by Crippen LogP contribution is 2.28. The van der Waals surface area contributed by atoms with Crippen molar-refractivity contribution in [3.8, 4) is 0 Å². The van der Waals surface area contributed by atoms with Crippen LogP contribution in [-0.2, 0) is 6.54 Å². The normalized spacial score (nSPS) is 20.9. The van der Waals surface area contributed by atoms with Crippen molar-refractivity contribution in [3.05, 3.63) is 12.0 Å². The van der Waals surface area contributed by atoms with Gasteiger partial charge in [-0.15, -0.1) is 0 Å². The molecule has 2 fully saturated rings. The number of anilines is 1. The van der Waals surface area contributed by atoms with Gasteiger partial charge in [0.25, 0.3) is 6.01 Å². The van der Waals surface area contributed by atoms with Crippen LogP contribution in [0.4, 0.5) is 6.01 Å². The van der Waals surface area contributed by atoms with Gasteiger partial charge >= 0.3 is 0 Å². The zero-order valence-corrected chi connectivity index (χ0v) is 12.6. The molecule has 1 saturated heterocycles. The number of piperazine rings is 1. The van der Waals surface area contributed by atoms with E-state index >= 15 is 0 Å². The van der Waals surface area contributed by atoms with Crippen molar-refractivity contribution in [2.45, 2.75) is 39.3 Å². The average molecular weight is 278 g/mol. The lowest BCUT2D eigenvalue weighted by Gasteiger charge is -2.33. The van der Waals surface area contributed by atoms with E-state index < -0.39 is 0 Å². The number of oxazole rings is 1. The molecular formula is C15H26N4O. The fourth-order valence-electron chi connectivity index (χ4n) is 2.73. The molecule has 1 aliphatic heterocycles. The first-order chi connectivity index (χ1) is 9.72. The number of aromatic nitrogens is 1. The van der Waals surface area contributed by atoms with Crippen molar-refractivity contribution < 1.29 is 4.42 Å². The van der Waals surface area contributed by atoms with Gasteiger partial charge < -0.3 is 14.6 Å². The molecule has 1 aromatic heterocycles. The topological polar surface area (TPSA) is 44.5 Å². The van der Waals surface area contributed by atoms with Crippen LogP contribution in [-0.4, -0.2) is 48.6 Å².